The van der Waals surface area contributed by atoms with Gasteiger partial charge in [0.2, 0.25) is 0 Å². The molecule has 1 heteroatoms. The Hall–Kier alpha value is -2.93. The van der Waals surface area contributed by atoms with Gasteiger partial charge in [-0.15, -0.1) is 0 Å². The Morgan fingerprint density at radius 2 is 1.20 bits per heavy atom. The molecule has 0 fully saturated rings. The molecular formula is C24H23N. The molecule has 3 rings (SSSR count). The molecule has 0 aromatic heterocycles. The molecule has 0 aliphatic carbocycles. The molecule has 0 saturated carbocycles. The second-order valence-electron chi connectivity index (χ2n) is 6.16. The summed E-state index contributed by atoms with van der Waals surface area (Å²) in [6, 6.07) is 31.4. The van der Waals surface area contributed by atoms with Crippen molar-refractivity contribution in [3.8, 4) is 0 Å². The number of aliphatic imine (C=N–C) groups is 1. The van der Waals surface area contributed by atoms with Gasteiger partial charge in [-0.25, -0.2) is 0 Å². The predicted octanol–water partition coefficient (Wildman–Crippen LogP) is 6.34. The highest BCUT2D eigenvalue weighted by atomic mass is 14.8. The average molecular weight is 325 g/mol. The van der Waals surface area contributed by atoms with Gasteiger partial charge in [0.1, 0.15) is 0 Å². The van der Waals surface area contributed by atoms with E-state index in [1.165, 1.54) is 16.7 Å². The number of rotatable bonds is 5. The predicted molar refractivity (Wildman–Crippen MR) is 108 cm³/mol. The maximum atomic E-state index is 5.02. The molecule has 0 aliphatic heterocycles. The summed E-state index contributed by atoms with van der Waals surface area (Å²) in [6.07, 6.45) is 2.18. The molecule has 0 radical (unpaired) electrons. The number of allylic oxidation sites excluding steroid dienone is 2. The van der Waals surface area contributed by atoms with Crippen molar-refractivity contribution in [3.05, 3.63) is 114 Å². The molecule has 0 spiro atoms. The van der Waals surface area contributed by atoms with Gasteiger partial charge in [0, 0.05) is 0 Å². The zero-order valence-electron chi connectivity index (χ0n) is 14.8. The number of hydrogen-bond acceptors (Lipinski definition) is 1. The van der Waals surface area contributed by atoms with E-state index in [4.69, 9.17) is 4.99 Å². The fourth-order valence-corrected chi connectivity index (χ4v) is 2.81. The summed E-state index contributed by atoms with van der Waals surface area (Å²) in [5.41, 5.74) is 5.81. The van der Waals surface area contributed by atoms with E-state index in [-0.39, 0.29) is 6.04 Å². The van der Waals surface area contributed by atoms with E-state index in [1.54, 1.807) is 0 Å². The largest absolute Gasteiger partial charge is 0.277 e. The van der Waals surface area contributed by atoms with Gasteiger partial charge in [0.25, 0.3) is 0 Å². The first-order chi connectivity index (χ1) is 12.2. The first kappa shape index (κ1) is 16.9. The van der Waals surface area contributed by atoms with Crippen molar-refractivity contribution >= 4 is 11.3 Å². The van der Waals surface area contributed by atoms with E-state index < -0.39 is 0 Å². The molecule has 124 valence electrons. The monoisotopic (exact) mass is 325 g/mol. The maximum Gasteiger partial charge on any atom is 0.0728 e. The minimum atomic E-state index is 0.108. The lowest BCUT2D eigenvalue weighted by Crippen LogP contribution is -2.01. The van der Waals surface area contributed by atoms with Gasteiger partial charge in [0.15, 0.2) is 0 Å². The standard InChI is InChI=1S/C24H23N/c1-19(21-12-6-3-7-13-21)18-24(23-16-10-5-11-17-23)25-20(2)22-14-8-4-9-15-22/h3-18,20H,1-2H3. The Labute approximate surface area is 150 Å². The average Bonchev–Trinajstić information content (AvgIpc) is 2.69. The maximum absolute atomic E-state index is 5.02. The molecule has 0 saturated heterocycles. The van der Waals surface area contributed by atoms with E-state index in [0.29, 0.717) is 0 Å². The summed E-state index contributed by atoms with van der Waals surface area (Å²) in [5.74, 6) is 0. The Morgan fingerprint density at radius 3 is 1.76 bits per heavy atom. The van der Waals surface area contributed by atoms with Crippen molar-refractivity contribution in [1.29, 1.82) is 0 Å². The summed E-state index contributed by atoms with van der Waals surface area (Å²) < 4.78 is 0. The topological polar surface area (TPSA) is 12.4 Å². The molecule has 0 heterocycles. The lowest BCUT2D eigenvalue weighted by molar-refractivity contribution is 0.822. The molecule has 3 aromatic carbocycles. The van der Waals surface area contributed by atoms with Gasteiger partial charge in [-0.1, -0.05) is 91.0 Å². The molecule has 0 amide bonds. The van der Waals surface area contributed by atoms with E-state index in [9.17, 15) is 0 Å². The van der Waals surface area contributed by atoms with Crippen LogP contribution in [0.3, 0.4) is 0 Å². The van der Waals surface area contributed by atoms with Gasteiger partial charge in [-0.05, 0) is 42.2 Å². The van der Waals surface area contributed by atoms with Gasteiger partial charge in [-0.2, -0.15) is 0 Å². The number of benzene rings is 3. The lowest BCUT2D eigenvalue weighted by atomic mass is 10.0. The van der Waals surface area contributed by atoms with E-state index >= 15 is 0 Å². The summed E-state index contributed by atoms with van der Waals surface area (Å²) in [6.45, 7) is 4.28. The molecule has 25 heavy (non-hydrogen) atoms. The molecule has 1 unspecified atom stereocenters. The molecule has 3 aromatic rings. The zero-order valence-corrected chi connectivity index (χ0v) is 14.8. The van der Waals surface area contributed by atoms with E-state index in [1.807, 2.05) is 18.2 Å². The van der Waals surface area contributed by atoms with E-state index in [0.717, 1.165) is 11.3 Å². The summed E-state index contributed by atoms with van der Waals surface area (Å²) in [5, 5.41) is 0. The third kappa shape index (κ3) is 4.54. The van der Waals surface area contributed by atoms with Gasteiger partial charge < -0.3 is 0 Å². The Balaban J connectivity index is 2.00. The van der Waals surface area contributed by atoms with Gasteiger partial charge >= 0.3 is 0 Å². The highest BCUT2D eigenvalue weighted by Gasteiger charge is 2.07. The Kier molecular flexibility index (Phi) is 5.58. The second-order valence-corrected chi connectivity index (χ2v) is 6.16. The SMILES string of the molecule is CC(=CC(=NC(C)c1ccccc1)c1ccccc1)c1ccccc1. The first-order valence-electron chi connectivity index (χ1n) is 8.66. The normalized spacial score (nSPS) is 13.5. The molecule has 1 atom stereocenters. The van der Waals surface area contributed by atoms with E-state index in [2.05, 4.69) is 92.7 Å². The molecule has 0 N–H and O–H groups in total. The summed E-state index contributed by atoms with van der Waals surface area (Å²) >= 11 is 0. The minimum Gasteiger partial charge on any atom is -0.277 e. The van der Waals surface area contributed by atoms with Crippen LogP contribution >= 0.6 is 0 Å². The second kappa shape index (κ2) is 8.25. The van der Waals surface area contributed by atoms with Crippen molar-refractivity contribution in [1.82, 2.24) is 0 Å². The highest BCUT2D eigenvalue weighted by Crippen LogP contribution is 2.20. The van der Waals surface area contributed by atoms with Crippen molar-refractivity contribution in [2.24, 2.45) is 4.99 Å². The van der Waals surface area contributed by atoms with Gasteiger partial charge in [-0.3, -0.25) is 4.99 Å². The minimum absolute atomic E-state index is 0.108. The third-order valence-corrected chi connectivity index (χ3v) is 4.27. The van der Waals surface area contributed by atoms with Crippen molar-refractivity contribution in [2.45, 2.75) is 19.9 Å². The highest BCUT2D eigenvalue weighted by molar-refractivity contribution is 6.12. The Morgan fingerprint density at radius 1 is 0.720 bits per heavy atom. The smallest absolute Gasteiger partial charge is 0.0728 e. The summed E-state index contributed by atoms with van der Waals surface area (Å²) in [7, 11) is 0. The lowest BCUT2D eigenvalue weighted by Gasteiger charge is -2.11. The van der Waals surface area contributed by atoms with Crippen LogP contribution in [0.25, 0.3) is 5.57 Å². The van der Waals surface area contributed by atoms with Crippen LogP contribution < -0.4 is 0 Å². The fourth-order valence-electron chi connectivity index (χ4n) is 2.81. The third-order valence-electron chi connectivity index (χ3n) is 4.27. The van der Waals surface area contributed by atoms with Crippen LogP contribution in [0.15, 0.2) is 102 Å². The number of hydrogen-bond donors (Lipinski definition) is 0. The molecular weight excluding hydrogens is 302 g/mol. The summed E-state index contributed by atoms with van der Waals surface area (Å²) in [4.78, 5) is 5.02. The Bertz CT molecular complexity index is 846. The van der Waals surface area contributed by atoms with Crippen LogP contribution in [0, 0.1) is 0 Å². The van der Waals surface area contributed by atoms with Crippen molar-refractivity contribution in [2.75, 3.05) is 0 Å². The molecule has 1 nitrogen and oxygen atoms in total. The first-order valence-corrected chi connectivity index (χ1v) is 8.66. The van der Waals surface area contributed by atoms with Crippen LogP contribution in [-0.4, -0.2) is 5.71 Å². The zero-order chi connectivity index (χ0) is 17.5. The fraction of sp³-hybridized carbons (Fsp3) is 0.125. The van der Waals surface area contributed by atoms with Crippen LogP contribution in [-0.2, 0) is 0 Å². The van der Waals surface area contributed by atoms with Crippen LogP contribution in [0.5, 0.6) is 0 Å². The van der Waals surface area contributed by atoms with Crippen LogP contribution in [0.1, 0.15) is 36.6 Å². The molecule has 0 bridgehead atoms. The van der Waals surface area contributed by atoms with Crippen molar-refractivity contribution < 1.29 is 0 Å². The van der Waals surface area contributed by atoms with Crippen molar-refractivity contribution in [3.63, 3.8) is 0 Å². The number of nitrogens with zero attached hydrogens (tertiary/aromatic N) is 1. The van der Waals surface area contributed by atoms with Crippen LogP contribution in [0.4, 0.5) is 0 Å². The quantitative estimate of drug-likeness (QED) is 0.485. The van der Waals surface area contributed by atoms with Crippen LogP contribution in [0.2, 0.25) is 0 Å². The van der Waals surface area contributed by atoms with Gasteiger partial charge in [0.05, 0.1) is 11.8 Å². The molecule has 0 aliphatic rings.